The van der Waals surface area contributed by atoms with Gasteiger partial charge in [0.25, 0.3) is 5.91 Å². The molecule has 0 bridgehead atoms. The average molecular weight is 380 g/mol. The van der Waals surface area contributed by atoms with Crippen LogP contribution in [-0.4, -0.2) is 47.1 Å². The summed E-state index contributed by atoms with van der Waals surface area (Å²) in [6.45, 7) is 1.56. The summed E-state index contributed by atoms with van der Waals surface area (Å²) in [6.07, 6.45) is 7.39. The molecular formula is C20H24N6O2. The van der Waals surface area contributed by atoms with Crippen molar-refractivity contribution in [3.8, 4) is 0 Å². The minimum Gasteiger partial charge on any atom is -0.348 e. The number of aromatic nitrogens is 2. The Labute approximate surface area is 163 Å². The maximum atomic E-state index is 12.7. The number of rotatable bonds is 5. The van der Waals surface area contributed by atoms with Gasteiger partial charge in [0.2, 0.25) is 5.95 Å². The van der Waals surface area contributed by atoms with E-state index in [0.29, 0.717) is 23.7 Å². The normalized spacial score (nSPS) is 19.0. The van der Waals surface area contributed by atoms with Crippen molar-refractivity contribution in [3.05, 3.63) is 48.3 Å². The van der Waals surface area contributed by atoms with Crippen molar-refractivity contribution in [3.63, 3.8) is 0 Å². The molecule has 1 aromatic carbocycles. The zero-order chi connectivity index (χ0) is 19.3. The third kappa shape index (κ3) is 4.76. The van der Waals surface area contributed by atoms with Crippen LogP contribution < -0.4 is 20.9 Å². The van der Waals surface area contributed by atoms with Gasteiger partial charge in [0.15, 0.2) is 0 Å². The number of hydrogen-bond acceptors (Lipinski definition) is 5. The van der Waals surface area contributed by atoms with Crippen LogP contribution in [0.25, 0.3) is 0 Å². The number of nitrogens with zero attached hydrogens (tertiary/aromatic N) is 3. The number of nitrogens with one attached hydrogen (secondary N) is 3. The number of amides is 3. The van der Waals surface area contributed by atoms with E-state index in [1.54, 1.807) is 42.7 Å². The first-order valence-electron chi connectivity index (χ1n) is 9.68. The minimum absolute atomic E-state index is 0.0276. The van der Waals surface area contributed by atoms with E-state index < -0.39 is 0 Å². The van der Waals surface area contributed by atoms with Crippen molar-refractivity contribution in [2.24, 2.45) is 0 Å². The maximum Gasteiger partial charge on any atom is 0.319 e. The number of anilines is 2. The molecule has 1 saturated heterocycles. The molecule has 2 fully saturated rings. The van der Waals surface area contributed by atoms with E-state index in [1.165, 1.54) is 0 Å². The molecule has 3 amide bonds. The van der Waals surface area contributed by atoms with Crippen molar-refractivity contribution in [2.75, 3.05) is 23.3 Å². The van der Waals surface area contributed by atoms with Crippen molar-refractivity contribution in [1.82, 2.24) is 20.6 Å². The van der Waals surface area contributed by atoms with Gasteiger partial charge in [-0.25, -0.2) is 14.8 Å². The molecule has 1 aliphatic heterocycles. The predicted molar refractivity (Wildman–Crippen MR) is 106 cm³/mol. The Balaban J connectivity index is 1.35. The second-order valence-corrected chi connectivity index (χ2v) is 7.26. The van der Waals surface area contributed by atoms with Crippen molar-refractivity contribution >= 4 is 23.6 Å². The van der Waals surface area contributed by atoms with Gasteiger partial charge >= 0.3 is 6.03 Å². The van der Waals surface area contributed by atoms with Crippen LogP contribution in [0.5, 0.6) is 0 Å². The number of carbonyl (C=O) groups is 2. The first-order valence-corrected chi connectivity index (χ1v) is 9.68. The highest BCUT2D eigenvalue weighted by Gasteiger charge is 2.24. The van der Waals surface area contributed by atoms with Crippen LogP contribution in [0.15, 0.2) is 42.7 Å². The molecule has 28 heavy (non-hydrogen) atoms. The zero-order valence-electron chi connectivity index (χ0n) is 15.6. The van der Waals surface area contributed by atoms with Crippen molar-refractivity contribution < 1.29 is 9.59 Å². The Morgan fingerprint density at radius 3 is 2.61 bits per heavy atom. The van der Waals surface area contributed by atoms with Crippen LogP contribution in [0.2, 0.25) is 0 Å². The number of piperidine rings is 1. The first kappa shape index (κ1) is 18.2. The molecule has 8 nitrogen and oxygen atoms in total. The lowest BCUT2D eigenvalue weighted by Gasteiger charge is -2.33. The third-order valence-corrected chi connectivity index (χ3v) is 4.89. The molecule has 4 rings (SSSR count). The minimum atomic E-state index is -0.231. The molecule has 2 aliphatic rings. The molecular weight excluding hydrogens is 356 g/mol. The molecule has 1 aromatic heterocycles. The molecule has 0 radical (unpaired) electrons. The predicted octanol–water partition coefficient (Wildman–Crippen LogP) is 2.16. The average Bonchev–Trinajstić information content (AvgIpc) is 3.53. The molecule has 1 unspecified atom stereocenters. The summed E-state index contributed by atoms with van der Waals surface area (Å²) in [5.41, 5.74) is 1.13. The standard InChI is InChI=1S/C20H24N6O2/c27-18(14-4-1-5-16(12-14)25-20(28)24-15-7-8-15)23-17-6-2-11-26(13-17)19-21-9-3-10-22-19/h1,3-5,9-10,12,15,17H,2,6-8,11,13H2,(H,23,27)(H2,24,25,28). The fourth-order valence-corrected chi connectivity index (χ4v) is 3.32. The lowest BCUT2D eigenvalue weighted by Crippen LogP contribution is -2.48. The molecule has 2 aromatic rings. The smallest absolute Gasteiger partial charge is 0.319 e. The van der Waals surface area contributed by atoms with Gasteiger partial charge in [-0.05, 0) is 49.9 Å². The van der Waals surface area contributed by atoms with Crippen LogP contribution in [-0.2, 0) is 0 Å². The second kappa shape index (κ2) is 8.24. The van der Waals surface area contributed by atoms with E-state index in [-0.39, 0.29) is 24.0 Å². The lowest BCUT2D eigenvalue weighted by atomic mass is 10.1. The molecule has 146 valence electrons. The zero-order valence-corrected chi connectivity index (χ0v) is 15.6. The van der Waals surface area contributed by atoms with E-state index in [2.05, 4.69) is 30.8 Å². The molecule has 1 saturated carbocycles. The number of urea groups is 1. The highest BCUT2D eigenvalue weighted by Crippen LogP contribution is 2.19. The second-order valence-electron chi connectivity index (χ2n) is 7.26. The van der Waals surface area contributed by atoms with Crippen LogP contribution in [0.4, 0.5) is 16.4 Å². The van der Waals surface area contributed by atoms with Crippen molar-refractivity contribution in [2.45, 2.75) is 37.8 Å². The summed E-state index contributed by atoms with van der Waals surface area (Å²) < 4.78 is 0. The number of hydrogen-bond donors (Lipinski definition) is 3. The summed E-state index contributed by atoms with van der Waals surface area (Å²) in [4.78, 5) is 35.3. The van der Waals surface area contributed by atoms with E-state index in [0.717, 1.165) is 32.2 Å². The summed E-state index contributed by atoms with van der Waals surface area (Å²) in [5.74, 6) is 0.543. The number of carbonyl (C=O) groups excluding carboxylic acids is 2. The van der Waals surface area contributed by atoms with Gasteiger partial charge in [-0.3, -0.25) is 4.79 Å². The van der Waals surface area contributed by atoms with E-state index >= 15 is 0 Å². The Hall–Kier alpha value is -3.16. The van der Waals surface area contributed by atoms with Crippen molar-refractivity contribution in [1.29, 1.82) is 0 Å². The fraction of sp³-hybridized carbons (Fsp3) is 0.400. The van der Waals surface area contributed by atoms with Crippen LogP contribution >= 0.6 is 0 Å². The summed E-state index contributed by atoms with van der Waals surface area (Å²) in [7, 11) is 0. The summed E-state index contributed by atoms with van der Waals surface area (Å²) in [6, 6.07) is 8.87. The van der Waals surface area contributed by atoms with Gasteiger partial charge in [-0.1, -0.05) is 6.07 Å². The van der Waals surface area contributed by atoms with Gasteiger partial charge in [0, 0.05) is 48.8 Å². The summed E-state index contributed by atoms with van der Waals surface area (Å²) >= 11 is 0. The largest absolute Gasteiger partial charge is 0.348 e. The Bertz CT molecular complexity index is 840. The lowest BCUT2D eigenvalue weighted by molar-refractivity contribution is 0.0933. The van der Waals surface area contributed by atoms with Crippen LogP contribution in [0.3, 0.4) is 0 Å². The first-order chi connectivity index (χ1) is 13.7. The fourth-order valence-electron chi connectivity index (χ4n) is 3.32. The third-order valence-electron chi connectivity index (χ3n) is 4.89. The monoisotopic (exact) mass is 380 g/mol. The van der Waals surface area contributed by atoms with E-state index in [4.69, 9.17) is 0 Å². The molecule has 3 N–H and O–H groups in total. The molecule has 1 atom stereocenters. The van der Waals surface area contributed by atoms with Gasteiger partial charge < -0.3 is 20.9 Å². The maximum absolute atomic E-state index is 12.7. The SMILES string of the molecule is O=C(Nc1cccc(C(=O)NC2CCCN(c3ncccn3)C2)c1)NC1CC1. The van der Waals surface area contributed by atoms with Gasteiger partial charge in [-0.15, -0.1) is 0 Å². The molecule has 1 aliphatic carbocycles. The van der Waals surface area contributed by atoms with E-state index in [9.17, 15) is 9.59 Å². The van der Waals surface area contributed by atoms with Gasteiger partial charge in [0.05, 0.1) is 0 Å². The van der Waals surface area contributed by atoms with E-state index in [1.807, 2.05) is 0 Å². The highest BCUT2D eigenvalue weighted by molar-refractivity contribution is 5.97. The van der Waals surface area contributed by atoms with Gasteiger partial charge in [0.1, 0.15) is 0 Å². The molecule has 0 spiro atoms. The highest BCUT2D eigenvalue weighted by atomic mass is 16.2. The topological polar surface area (TPSA) is 99.3 Å². The van der Waals surface area contributed by atoms with Crippen LogP contribution in [0, 0.1) is 0 Å². The molecule has 2 heterocycles. The van der Waals surface area contributed by atoms with Crippen LogP contribution in [0.1, 0.15) is 36.0 Å². The van der Waals surface area contributed by atoms with Gasteiger partial charge in [-0.2, -0.15) is 0 Å². The Morgan fingerprint density at radius 1 is 1.00 bits per heavy atom. The Morgan fingerprint density at radius 2 is 1.82 bits per heavy atom. The number of benzene rings is 1. The summed E-state index contributed by atoms with van der Waals surface area (Å²) in [5, 5.41) is 8.75. The quantitative estimate of drug-likeness (QED) is 0.738. The Kier molecular flexibility index (Phi) is 5.36. The molecule has 8 heteroatoms.